The third-order valence-corrected chi connectivity index (χ3v) is 5.37. The number of thiazole rings is 1. The highest BCUT2D eigenvalue weighted by Gasteiger charge is 2.36. The minimum absolute atomic E-state index is 0.125. The smallest absolute Gasteiger partial charge is 0.307 e. The largest absolute Gasteiger partial charge is 0.481 e. The highest BCUT2D eigenvalue weighted by atomic mass is 32.1. The van der Waals surface area contributed by atoms with Gasteiger partial charge in [0.05, 0.1) is 28.6 Å². The second-order valence-electron chi connectivity index (χ2n) is 5.75. The molecule has 0 aromatic carbocycles. The molecule has 0 saturated heterocycles. The van der Waals surface area contributed by atoms with E-state index in [-0.39, 0.29) is 11.9 Å². The van der Waals surface area contributed by atoms with E-state index in [2.05, 4.69) is 10.3 Å². The van der Waals surface area contributed by atoms with E-state index in [0.29, 0.717) is 12.8 Å². The van der Waals surface area contributed by atoms with Crippen LogP contribution >= 0.6 is 11.3 Å². The Morgan fingerprint density at radius 3 is 2.43 bits per heavy atom. The molecule has 1 aromatic rings. The van der Waals surface area contributed by atoms with Gasteiger partial charge in [0.15, 0.2) is 0 Å². The number of carboxylic acids is 1. The Labute approximate surface area is 128 Å². The SMILES string of the molecule is Cc1nc(C)c(C(C)NC(=O)C2CCCCC2C(=O)O)s1. The second kappa shape index (κ2) is 6.56. The van der Waals surface area contributed by atoms with Crippen LogP contribution in [0.2, 0.25) is 0 Å². The minimum atomic E-state index is -0.854. The summed E-state index contributed by atoms with van der Waals surface area (Å²) in [6, 6.07) is -0.125. The van der Waals surface area contributed by atoms with Crippen molar-refractivity contribution < 1.29 is 14.7 Å². The third kappa shape index (κ3) is 3.61. The molecule has 3 unspecified atom stereocenters. The fraction of sp³-hybridized carbons (Fsp3) is 0.667. The number of carbonyl (C=O) groups is 2. The predicted octanol–water partition coefficient (Wildman–Crippen LogP) is 2.83. The lowest BCUT2D eigenvalue weighted by Gasteiger charge is -2.28. The Kier molecular flexibility index (Phi) is 4.98. The van der Waals surface area contributed by atoms with Crippen molar-refractivity contribution >= 4 is 23.2 Å². The molecule has 21 heavy (non-hydrogen) atoms. The van der Waals surface area contributed by atoms with Crippen molar-refractivity contribution in [2.24, 2.45) is 11.8 Å². The van der Waals surface area contributed by atoms with Crippen LogP contribution in [0.3, 0.4) is 0 Å². The Morgan fingerprint density at radius 1 is 1.29 bits per heavy atom. The molecular formula is C15H22N2O3S. The summed E-state index contributed by atoms with van der Waals surface area (Å²) in [5.74, 6) is -1.95. The van der Waals surface area contributed by atoms with E-state index in [9.17, 15) is 14.7 Å². The van der Waals surface area contributed by atoms with Gasteiger partial charge in [-0.05, 0) is 33.6 Å². The molecule has 1 heterocycles. The van der Waals surface area contributed by atoms with E-state index in [0.717, 1.165) is 28.4 Å². The van der Waals surface area contributed by atoms with Crippen LogP contribution in [0.1, 0.15) is 54.2 Å². The van der Waals surface area contributed by atoms with Gasteiger partial charge < -0.3 is 10.4 Å². The summed E-state index contributed by atoms with van der Waals surface area (Å²) in [5, 5.41) is 13.2. The molecule has 1 aliphatic rings. The quantitative estimate of drug-likeness (QED) is 0.896. The fourth-order valence-electron chi connectivity index (χ4n) is 3.08. The third-order valence-electron chi connectivity index (χ3n) is 4.11. The fourth-order valence-corrected chi connectivity index (χ4v) is 4.00. The van der Waals surface area contributed by atoms with E-state index in [4.69, 9.17) is 0 Å². The molecule has 2 rings (SSSR count). The lowest BCUT2D eigenvalue weighted by Crippen LogP contribution is -2.40. The summed E-state index contributed by atoms with van der Waals surface area (Å²) in [5.41, 5.74) is 0.934. The topological polar surface area (TPSA) is 79.3 Å². The summed E-state index contributed by atoms with van der Waals surface area (Å²) in [6.45, 7) is 5.80. The van der Waals surface area contributed by atoms with Crippen LogP contribution in [0.4, 0.5) is 0 Å². The Bertz CT molecular complexity index is 541. The molecule has 0 radical (unpaired) electrons. The number of nitrogens with zero attached hydrogens (tertiary/aromatic N) is 1. The molecule has 1 aromatic heterocycles. The molecule has 5 nitrogen and oxygen atoms in total. The minimum Gasteiger partial charge on any atom is -0.481 e. The summed E-state index contributed by atoms with van der Waals surface area (Å²) in [4.78, 5) is 29.1. The molecule has 1 aliphatic carbocycles. The van der Waals surface area contributed by atoms with Crippen molar-refractivity contribution in [2.75, 3.05) is 0 Å². The van der Waals surface area contributed by atoms with Gasteiger partial charge in [0.25, 0.3) is 0 Å². The lowest BCUT2D eigenvalue weighted by atomic mass is 9.78. The average molecular weight is 310 g/mol. The van der Waals surface area contributed by atoms with Crippen molar-refractivity contribution in [3.8, 4) is 0 Å². The first-order chi connectivity index (χ1) is 9.90. The molecule has 2 N–H and O–H groups in total. The van der Waals surface area contributed by atoms with Crippen molar-refractivity contribution in [3.63, 3.8) is 0 Å². The maximum absolute atomic E-state index is 12.4. The molecule has 1 fully saturated rings. The molecule has 6 heteroatoms. The van der Waals surface area contributed by atoms with Gasteiger partial charge >= 0.3 is 5.97 Å². The van der Waals surface area contributed by atoms with Gasteiger partial charge in [-0.3, -0.25) is 9.59 Å². The number of nitrogens with one attached hydrogen (secondary N) is 1. The Morgan fingerprint density at radius 2 is 1.90 bits per heavy atom. The van der Waals surface area contributed by atoms with E-state index >= 15 is 0 Å². The number of carboxylic acid groups (broad SMARTS) is 1. The maximum atomic E-state index is 12.4. The number of aromatic nitrogens is 1. The zero-order chi connectivity index (χ0) is 15.6. The van der Waals surface area contributed by atoms with Gasteiger partial charge in [0.1, 0.15) is 0 Å². The van der Waals surface area contributed by atoms with Crippen LogP contribution in [-0.2, 0) is 9.59 Å². The maximum Gasteiger partial charge on any atom is 0.307 e. The highest BCUT2D eigenvalue weighted by Crippen LogP contribution is 2.32. The molecule has 0 aliphatic heterocycles. The molecule has 3 atom stereocenters. The van der Waals surface area contributed by atoms with Crippen molar-refractivity contribution in [1.29, 1.82) is 0 Å². The molecule has 0 spiro atoms. The van der Waals surface area contributed by atoms with E-state index in [1.807, 2.05) is 20.8 Å². The number of aryl methyl sites for hydroxylation is 2. The van der Waals surface area contributed by atoms with Crippen LogP contribution in [0.25, 0.3) is 0 Å². The van der Waals surface area contributed by atoms with Crippen molar-refractivity contribution in [1.82, 2.24) is 10.3 Å². The zero-order valence-corrected chi connectivity index (χ0v) is 13.5. The molecule has 0 bridgehead atoms. The first kappa shape index (κ1) is 15.9. The average Bonchev–Trinajstić information content (AvgIpc) is 2.77. The first-order valence-electron chi connectivity index (χ1n) is 7.37. The van der Waals surface area contributed by atoms with Gasteiger partial charge in [-0.2, -0.15) is 0 Å². The normalized spacial score (nSPS) is 23.6. The number of carbonyl (C=O) groups excluding carboxylic acids is 1. The van der Waals surface area contributed by atoms with Crippen LogP contribution in [0.5, 0.6) is 0 Å². The molecule has 1 saturated carbocycles. The van der Waals surface area contributed by atoms with E-state index < -0.39 is 17.8 Å². The first-order valence-corrected chi connectivity index (χ1v) is 8.19. The van der Waals surface area contributed by atoms with Gasteiger partial charge in [-0.15, -0.1) is 11.3 Å². The molecule has 116 valence electrons. The van der Waals surface area contributed by atoms with Crippen LogP contribution < -0.4 is 5.32 Å². The van der Waals surface area contributed by atoms with Gasteiger partial charge in [0.2, 0.25) is 5.91 Å². The summed E-state index contributed by atoms with van der Waals surface area (Å²) < 4.78 is 0. The monoisotopic (exact) mass is 310 g/mol. The summed E-state index contributed by atoms with van der Waals surface area (Å²) >= 11 is 1.58. The molecular weight excluding hydrogens is 288 g/mol. The van der Waals surface area contributed by atoms with Crippen LogP contribution in [-0.4, -0.2) is 22.0 Å². The number of amides is 1. The Hall–Kier alpha value is -1.43. The van der Waals surface area contributed by atoms with Gasteiger partial charge in [0, 0.05) is 4.88 Å². The summed E-state index contributed by atoms with van der Waals surface area (Å²) in [6.07, 6.45) is 3.08. The van der Waals surface area contributed by atoms with Gasteiger partial charge in [-0.25, -0.2) is 4.98 Å². The lowest BCUT2D eigenvalue weighted by molar-refractivity contribution is -0.149. The van der Waals surface area contributed by atoms with E-state index in [1.165, 1.54) is 0 Å². The van der Waals surface area contributed by atoms with Crippen molar-refractivity contribution in [3.05, 3.63) is 15.6 Å². The Balaban J connectivity index is 2.06. The number of hydrogen-bond donors (Lipinski definition) is 2. The van der Waals surface area contributed by atoms with Crippen LogP contribution in [0, 0.1) is 25.7 Å². The predicted molar refractivity (Wildman–Crippen MR) is 81.2 cm³/mol. The number of aliphatic carboxylic acids is 1. The number of hydrogen-bond acceptors (Lipinski definition) is 4. The van der Waals surface area contributed by atoms with E-state index in [1.54, 1.807) is 11.3 Å². The second-order valence-corrected chi connectivity index (χ2v) is 6.98. The van der Waals surface area contributed by atoms with Gasteiger partial charge in [-0.1, -0.05) is 12.8 Å². The standard InChI is InChI=1S/C15H22N2O3S/c1-8-13(21-10(3)16-8)9(2)17-14(18)11-6-4-5-7-12(11)15(19)20/h9,11-12H,4-7H2,1-3H3,(H,17,18)(H,19,20). The zero-order valence-electron chi connectivity index (χ0n) is 12.7. The van der Waals surface area contributed by atoms with Crippen molar-refractivity contribution in [2.45, 2.75) is 52.5 Å². The summed E-state index contributed by atoms with van der Waals surface area (Å²) in [7, 11) is 0. The van der Waals surface area contributed by atoms with Crippen LogP contribution in [0.15, 0.2) is 0 Å². The highest BCUT2D eigenvalue weighted by molar-refractivity contribution is 7.11. The number of rotatable bonds is 4. The molecule has 1 amide bonds.